The number of nitrogens with one attached hydrogen (secondary N) is 1. The summed E-state index contributed by atoms with van der Waals surface area (Å²) in [5.74, 6) is 0.187. The number of hydrogen-bond donors (Lipinski definition) is 1. The highest BCUT2D eigenvalue weighted by Gasteiger charge is 2.43. The van der Waals surface area contributed by atoms with Crippen LogP contribution < -0.4 is 5.32 Å². The van der Waals surface area contributed by atoms with Gasteiger partial charge in [0.25, 0.3) is 0 Å². The minimum atomic E-state index is 0.0387. The summed E-state index contributed by atoms with van der Waals surface area (Å²) in [6.45, 7) is 5.62. The van der Waals surface area contributed by atoms with Crippen molar-refractivity contribution < 1.29 is 9.59 Å². The second kappa shape index (κ2) is 5.26. The predicted octanol–water partition coefficient (Wildman–Crippen LogP) is 0.0668. The van der Waals surface area contributed by atoms with Crippen molar-refractivity contribution in [1.82, 2.24) is 15.1 Å². The quantitative estimate of drug-likeness (QED) is 0.774. The van der Waals surface area contributed by atoms with Crippen molar-refractivity contribution in [3.05, 3.63) is 0 Å². The van der Waals surface area contributed by atoms with E-state index in [2.05, 4.69) is 5.32 Å². The topological polar surface area (TPSA) is 52.7 Å². The second-order valence-electron chi connectivity index (χ2n) is 5.58. The van der Waals surface area contributed by atoms with Gasteiger partial charge in [-0.3, -0.25) is 9.59 Å². The van der Waals surface area contributed by atoms with Crippen molar-refractivity contribution in [1.29, 1.82) is 0 Å². The number of likely N-dealkylation sites (tertiary alicyclic amines) is 1. The van der Waals surface area contributed by atoms with Gasteiger partial charge in [0.1, 0.15) is 0 Å². The van der Waals surface area contributed by atoms with E-state index in [1.807, 2.05) is 6.92 Å². The number of carbonyl (C=O) groups is 2. The molecule has 1 spiro atoms. The molecule has 0 aromatic carbocycles. The van der Waals surface area contributed by atoms with Gasteiger partial charge in [0, 0.05) is 26.6 Å². The SMILES string of the molecule is CCN(C)C(=O)CN1CC2(CCNCC2)CC1=O. The van der Waals surface area contributed by atoms with E-state index < -0.39 is 0 Å². The molecule has 0 aromatic rings. The first kappa shape index (κ1) is 13.3. The third-order valence-electron chi connectivity index (χ3n) is 4.30. The van der Waals surface area contributed by atoms with Gasteiger partial charge in [0.2, 0.25) is 11.8 Å². The smallest absolute Gasteiger partial charge is 0.241 e. The molecule has 18 heavy (non-hydrogen) atoms. The normalized spacial score (nSPS) is 22.6. The molecule has 0 atom stereocenters. The summed E-state index contributed by atoms with van der Waals surface area (Å²) in [6.07, 6.45) is 2.72. The zero-order chi connectivity index (χ0) is 13.2. The van der Waals surface area contributed by atoms with Crippen LogP contribution >= 0.6 is 0 Å². The van der Waals surface area contributed by atoms with Crippen molar-refractivity contribution >= 4 is 11.8 Å². The van der Waals surface area contributed by atoms with Gasteiger partial charge in [-0.2, -0.15) is 0 Å². The first-order valence-electron chi connectivity index (χ1n) is 6.79. The van der Waals surface area contributed by atoms with Crippen molar-refractivity contribution in [2.45, 2.75) is 26.2 Å². The van der Waals surface area contributed by atoms with Gasteiger partial charge in [-0.05, 0) is 38.3 Å². The van der Waals surface area contributed by atoms with E-state index in [1.54, 1.807) is 16.8 Å². The van der Waals surface area contributed by atoms with Crippen molar-refractivity contribution in [3.8, 4) is 0 Å². The van der Waals surface area contributed by atoms with Crippen LogP contribution in [0, 0.1) is 5.41 Å². The Kier molecular flexibility index (Phi) is 3.90. The van der Waals surface area contributed by atoms with Crippen LogP contribution in [0.4, 0.5) is 0 Å². The van der Waals surface area contributed by atoms with Crippen molar-refractivity contribution in [2.75, 3.05) is 39.8 Å². The molecule has 2 heterocycles. The van der Waals surface area contributed by atoms with E-state index in [0.29, 0.717) is 13.0 Å². The lowest BCUT2D eigenvalue weighted by Gasteiger charge is -2.33. The Morgan fingerprint density at radius 2 is 2.11 bits per heavy atom. The fraction of sp³-hybridized carbons (Fsp3) is 0.846. The third kappa shape index (κ3) is 2.66. The first-order chi connectivity index (χ1) is 8.56. The van der Waals surface area contributed by atoms with E-state index in [4.69, 9.17) is 0 Å². The Hall–Kier alpha value is -1.10. The van der Waals surface area contributed by atoms with Crippen molar-refractivity contribution in [3.63, 3.8) is 0 Å². The van der Waals surface area contributed by atoms with Crippen LogP contribution in [0.5, 0.6) is 0 Å². The summed E-state index contributed by atoms with van der Waals surface area (Å²) in [5.41, 5.74) is 0.132. The number of hydrogen-bond acceptors (Lipinski definition) is 3. The van der Waals surface area contributed by atoms with Gasteiger partial charge < -0.3 is 15.1 Å². The number of amides is 2. The molecule has 0 aliphatic carbocycles. The highest BCUT2D eigenvalue weighted by Crippen LogP contribution is 2.39. The largest absolute Gasteiger partial charge is 0.345 e. The van der Waals surface area contributed by atoms with Crippen molar-refractivity contribution in [2.24, 2.45) is 5.41 Å². The Balaban J connectivity index is 1.95. The molecule has 0 unspecified atom stereocenters. The molecule has 0 bridgehead atoms. The van der Waals surface area contributed by atoms with E-state index >= 15 is 0 Å². The van der Waals surface area contributed by atoms with E-state index in [0.717, 1.165) is 32.5 Å². The summed E-state index contributed by atoms with van der Waals surface area (Å²) in [6, 6.07) is 0. The number of carbonyl (C=O) groups excluding carboxylic acids is 2. The molecule has 2 fully saturated rings. The summed E-state index contributed by atoms with van der Waals surface area (Å²) in [5, 5.41) is 3.33. The Bertz CT molecular complexity index is 337. The summed E-state index contributed by atoms with van der Waals surface area (Å²) in [7, 11) is 1.78. The maximum absolute atomic E-state index is 12.0. The fourth-order valence-corrected chi connectivity index (χ4v) is 2.88. The lowest BCUT2D eigenvalue weighted by atomic mass is 9.78. The number of piperidine rings is 1. The van der Waals surface area contributed by atoms with Gasteiger partial charge in [-0.1, -0.05) is 0 Å². The van der Waals surface area contributed by atoms with Crippen LogP contribution in [0.2, 0.25) is 0 Å². The zero-order valence-electron chi connectivity index (χ0n) is 11.4. The molecular formula is C13H23N3O2. The molecule has 2 aliphatic heterocycles. The molecule has 2 saturated heterocycles. The van der Waals surface area contributed by atoms with Crippen LogP contribution in [0.3, 0.4) is 0 Å². The standard InChI is InChI=1S/C13H23N3O2/c1-3-15(2)12(18)9-16-10-13(8-11(16)17)4-6-14-7-5-13/h14H,3-10H2,1-2H3. The minimum Gasteiger partial charge on any atom is -0.345 e. The zero-order valence-corrected chi connectivity index (χ0v) is 11.4. The third-order valence-corrected chi connectivity index (χ3v) is 4.30. The van der Waals surface area contributed by atoms with E-state index in [-0.39, 0.29) is 23.8 Å². The predicted molar refractivity (Wildman–Crippen MR) is 69.0 cm³/mol. The summed E-state index contributed by atoms with van der Waals surface area (Å²) >= 11 is 0. The average molecular weight is 253 g/mol. The molecule has 2 rings (SSSR count). The number of nitrogens with zero attached hydrogens (tertiary/aromatic N) is 2. The Labute approximate surface area is 108 Å². The van der Waals surface area contributed by atoms with Crippen LogP contribution in [0.15, 0.2) is 0 Å². The maximum Gasteiger partial charge on any atom is 0.241 e. The lowest BCUT2D eigenvalue weighted by Crippen LogP contribution is -2.42. The fourth-order valence-electron chi connectivity index (χ4n) is 2.88. The summed E-state index contributed by atoms with van der Waals surface area (Å²) < 4.78 is 0. The second-order valence-corrected chi connectivity index (χ2v) is 5.58. The first-order valence-corrected chi connectivity index (χ1v) is 6.79. The molecule has 2 amide bonds. The molecule has 0 aromatic heterocycles. The van der Waals surface area contributed by atoms with Gasteiger partial charge in [-0.15, -0.1) is 0 Å². The summed E-state index contributed by atoms with van der Waals surface area (Å²) in [4.78, 5) is 27.3. The van der Waals surface area contributed by atoms with Gasteiger partial charge in [-0.25, -0.2) is 0 Å². The maximum atomic E-state index is 12.0. The van der Waals surface area contributed by atoms with Gasteiger partial charge in [0.15, 0.2) is 0 Å². The molecule has 5 nitrogen and oxygen atoms in total. The molecule has 2 aliphatic rings. The van der Waals surface area contributed by atoms with Gasteiger partial charge in [0.05, 0.1) is 6.54 Å². The molecule has 102 valence electrons. The monoisotopic (exact) mass is 253 g/mol. The molecule has 0 radical (unpaired) electrons. The molecular weight excluding hydrogens is 230 g/mol. The van der Waals surface area contributed by atoms with E-state index in [1.165, 1.54) is 0 Å². The number of rotatable bonds is 3. The lowest BCUT2D eigenvalue weighted by molar-refractivity contribution is -0.137. The van der Waals surface area contributed by atoms with Crippen LogP contribution in [0.25, 0.3) is 0 Å². The number of likely N-dealkylation sites (N-methyl/N-ethyl adjacent to an activating group) is 1. The molecule has 5 heteroatoms. The van der Waals surface area contributed by atoms with Gasteiger partial charge >= 0.3 is 0 Å². The average Bonchev–Trinajstić information content (AvgIpc) is 2.65. The highest BCUT2D eigenvalue weighted by molar-refractivity contribution is 5.86. The molecule has 1 N–H and O–H groups in total. The minimum absolute atomic E-state index is 0.0387. The van der Waals surface area contributed by atoms with Crippen LogP contribution in [0.1, 0.15) is 26.2 Å². The van der Waals surface area contributed by atoms with Crippen LogP contribution in [-0.4, -0.2) is 61.4 Å². The molecule has 0 saturated carbocycles. The van der Waals surface area contributed by atoms with E-state index in [9.17, 15) is 9.59 Å². The highest BCUT2D eigenvalue weighted by atomic mass is 16.2. The Morgan fingerprint density at radius 1 is 1.44 bits per heavy atom. The Morgan fingerprint density at radius 3 is 2.72 bits per heavy atom. The van der Waals surface area contributed by atoms with Crippen LogP contribution in [-0.2, 0) is 9.59 Å².